The molecule has 0 spiro atoms. The highest BCUT2D eigenvalue weighted by Crippen LogP contribution is 2.43. The zero-order valence-corrected chi connectivity index (χ0v) is 9.10. The lowest BCUT2D eigenvalue weighted by atomic mass is 9.97. The van der Waals surface area contributed by atoms with E-state index in [0.717, 1.165) is 11.8 Å². The molecule has 1 aromatic rings. The molecule has 16 heavy (non-hydrogen) atoms. The molecule has 1 unspecified atom stereocenters. The lowest BCUT2D eigenvalue weighted by Crippen LogP contribution is -2.15. The molecule has 1 heterocycles. The van der Waals surface area contributed by atoms with Crippen LogP contribution in [0.4, 0.5) is 0 Å². The Balaban J connectivity index is 2.37. The zero-order chi connectivity index (χ0) is 11.5. The molecule has 0 aliphatic carbocycles. The van der Waals surface area contributed by atoms with Gasteiger partial charge in [0.15, 0.2) is 11.5 Å². The van der Waals surface area contributed by atoms with Gasteiger partial charge in [-0.25, -0.2) is 0 Å². The molecule has 0 radical (unpaired) electrons. The minimum Gasteiger partial charge on any atom is -0.504 e. The first-order chi connectivity index (χ1) is 7.74. The van der Waals surface area contributed by atoms with Crippen LogP contribution in [0.2, 0.25) is 0 Å². The van der Waals surface area contributed by atoms with Gasteiger partial charge in [-0.3, -0.25) is 0 Å². The number of hydrogen-bond acceptors (Lipinski definition) is 4. The summed E-state index contributed by atoms with van der Waals surface area (Å²) in [7, 11) is 0. The van der Waals surface area contributed by atoms with Crippen LogP contribution in [0.25, 0.3) is 0 Å². The number of ether oxygens (including phenoxy) is 2. The smallest absolute Gasteiger partial charge is 0.203 e. The van der Waals surface area contributed by atoms with Crippen LogP contribution in [0.15, 0.2) is 12.1 Å². The number of fused-ring (bicyclic) bond motifs is 1. The number of hydrogen-bond donors (Lipinski definition) is 1. The highest BCUT2D eigenvalue weighted by Gasteiger charge is 2.21. The summed E-state index contributed by atoms with van der Waals surface area (Å²) in [6.07, 6.45) is 1.23. The van der Waals surface area contributed by atoms with Crippen molar-refractivity contribution < 1.29 is 19.4 Å². The Morgan fingerprint density at radius 2 is 2.19 bits per heavy atom. The largest absolute Gasteiger partial charge is 0.504 e. The molecule has 0 saturated carbocycles. The van der Waals surface area contributed by atoms with Crippen molar-refractivity contribution in [2.24, 2.45) is 0 Å². The van der Waals surface area contributed by atoms with Crippen molar-refractivity contribution in [3.63, 3.8) is 0 Å². The number of phenols is 1. The number of carbonyl (C=O) groups is 1. The maximum atomic E-state index is 10.5. The second kappa shape index (κ2) is 4.43. The average Bonchev–Trinajstić information content (AvgIpc) is 2.30. The number of phenolic OH excluding ortho intramolecular Hbond substituents is 1. The Hall–Kier alpha value is -1.71. The van der Waals surface area contributed by atoms with Crippen LogP contribution in [0.3, 0.4) is 0 Å². The predicted molar refractivity (Wildman–Crippen MR) is 58.2 cm³/mol. The summed E-state index contributed by atoms with van der Waals surface area (Å²) >= 11 is 0. The van der Waals surface area contributed by atoms with Crippen LogP contribution in [-0.2, 0) is 4.79 Å². The van der Waals surface area contributed by atoms with Gasteiger partial charge in [-0.15, -0.1) is 0 Å². The van der Waals surface area contributed by atoms with E-state index in [9.17, 15) is 9.90 Å². The third kappa shape index (κ3) is 1.83. The number of benzene rings is 1. The molecule has 0 amide bonds. The third-order valence-corrected chi connectivity index (χ3v) is 2.69. The van der Waals surface area contributed by atoms with Crippen LogP contribution in [-0.4, -0.2) is 24.6 Å². The molecule has 0 saturated heterocycles. The second-order valence-corrected chi connectivity index (χ2v) is 3.83. The minimum absolute atomic E-state index is 0.0201. The van der Waals surface area contributed by atoms with Gasteiger partial charge in [0.25, 0.3) is 0 Å². The monoisotopic (exact) mass is 222 g/mol. The van der Waals surface area contributed by atoms with E-state index in [0.29, 0.717) is 31.1 Å². The van der Waals surface area contributed by atoms with Crippen LogP contribution < -0.4 is 9.47 Å². The summed E-state index contributed by atoms with van der Waals surface area (Å²) in [6, 6.07) is 3.54. The summed E-state index contributed by atoms with van der Waals surface area (Å²) in [6.45, 7) is 2.82. The first-order valence-corrected chi connectivity index (χ1v) is 5.29. The standard InChI is InChI=1S/C12H14O4/c1-8(4-5-13)9-2-3-10-12(11(9)14)16-7-6-15-10/h2-3,5,8,14H,4,6-7H2,1H3. The molecule has 1 aromatic carbocycles. The molecule has 2 rings (SSSR count). The summed E-state index contributed by atoms with van der Waals surface area (Å²) in [5.41, 5.74) is 0.719. The SMILES string of the molecule is CC(CC=O)c1ccc2c(c1O)OCCO2. The van der Waals surface area contributed by atoms with Gasteiger partial charge in [0.1, 0.15) is 19.5 Å². The van der Waals surface area contributed by atoms with Crippen LogP contribution in [0.1, 0.15) is 24.8 Å². The fourth-order valence-corrected chi connectivity index (χ4v) is 1.79. The zero-order valence-electron chi connectivity index (χ0n) is 9.10. The van der Waals surface area contributed by atoms with E-state index in [-0.39, 0.29) is 11.7 Å². The number of rotatable bonds is 3. The molecule has 4 heteroatoms. The topological polar surface area (TPSA) is 55.8 Å². The Morgan fingerprint density at radius 1 is 1.44 bits per heavy atom. The van der Waals surface area contributed by atoms with Crippen molar-refractivity contribution >= 4 is 6.29 Å². The van der Waals surface area contributed by atoms with Crippen LogP contribution >= 0.6 is 0 Å². The van der Waals surface area contributed by atoms with Gasteiger partial charge < -0.3 is 19.4 Å². The van der Waals surface area contributed by atoms with Crippen molar-refractivity contribution in [1.82, 2.24) is 0 Å². The van der Waals surface area contributed by atoms with Crippen molar-refractivity contribution in [3.8, 4) is 17.2 Å². The molecule has 1 aliphatic rings. The fourth-order valence-electron chi connectivity index (χ4n) is 1.79. The molecule has 1 atom stereocenters. The Morgan fingerprint density at radius 3 is 2.94 bits per heavy atom. The quantitative estimate of drug-likeness (QED) is 0.793. The van der Waals surface area contributed by atoms with Gasteiger partial charge in [0.2, 0.25) is 5.75 Å². The predicted octanol–water partition coefficient (Wildman–Crippen LogP) is 1.86. The Bertz CT molecular complexity index is 400. The van der Waals surface area contributed by atoms with E-state index < -0.39 is 0 Å². The number of aromatic hydroxyl groups is 1. The van der Waals surface area contributed by atoms with Crippen molar-refractivity contribution in [2.75, 3.05) is 13.2 Å². The van der Waals surface area contributed by atoms with Gasteiger partial charge in [-0.05, 0) is 12.0 Å². The summed E-state index contributed by atoms with van der Waals surface area (Å²) in [4.78, 5) is 10.5. The average molecular weight is 222 g/mol. The number of carbonyl (C=O) groups excluding carboxylic acids is 1. The van der Waals surface area contributed by atoms with Crippen LogP contribution in [0.5, 0.6) is 17.2 Å². The van der Waals surface area contributed by atoms with E-state index in [1.54, 1.807) is 12.1 Å². The van der Waals surface area contributed by atoms with Gasteiger partial charge in [0, 0.05) is 12.0 Å². The van der Waals surface area contributed by atoms with Gasteiger partial charge in [-0.1, -0.05) is 13.0 Å². The van der Waals surface area contributed by atoms with Crippen LogP contribution in [0, 0.1) is 0 Å². The molecule has 0 aromatic heterocycles. The van der Waals surface area contributed by atoms with Gasteiger partial charge in [0.05, 0.1) is 0 Å². The first kappa shape index (κ1) is 10.8. The van der Waals surface area contributed by atoms with E-state index in [1.165, 1.54) is 0 Å². The fraction of sp³-hybridized carbons (Fsp3) is 0.417. The molecule has 0 fully saturated rings. The van der Waals surface area contributed by atoms with Gasteiger partial charge >= 0.3 is 0 Å². The molecule has 4 nitrogen and oxygen atoms in total. The first-order valence-electron chi connectivity index (χ1n) is 5.29. The normalized spacial score (nSPS) is 15.6. The van der Waals surface area contributed by atoms with Crippen molar-refractivity contribution in [1.29, 1.82) is 0 Å². The number of aldehydes is 1. The minimum atomic E-state index is -0.0201. The molecule has 1 aliphatic heterocycles. The molecule has 86 valence electrons. The molecular weight excluding hydrogens is 208 g/mol. The van der Waals surface area contributed by atoms with Crippen molar-refractivity contribution in [2.45, 2.75) is 19.3 Å². The van der Waals surface area contributed by atoms with E-state index in [2.05, 4.69) is 0 Å². The summed E-state index contributed by atoms with van der Waals surface area (Å²) < 4.78 is 10.7. The highest BCUT2D eigenvalue weighted by atomic mass is 16.6. The van der Waals surface area contributed by atoms with E-state index in [4.69, 9.17) is 9.47 Å². The molecule has 1 N–H and O–H groups in total. The van der Waals surface area contributed by atoms with E-state index >= 15 is 0 Å². The van der Waals surface area contributed by atoms with E-state index in [1.807, 2.05) is 6.92 Å². The Labute approximate surface area is 93.8 Å². The Kier molecular flexibility index (Phi) is 2.99. The maximum absolute atomic E-state index is 10.5. The summed E-state index contributed by atoms with van der Waals surface area (Å²) in [5.74, 6) is 1.02. The lowest BCUT2D eigenvalue weighted by molar-refractivity contribution is -0.108. The van der Waals surface area contributed by atoms with Crippen molar-refractivity contribution in [3.05, 3.63) is 17.7 Å². The summed E-state index contributed by atoms with van der Waals surface area (Å²) in [5, 5.41) is 10.0. The maximum Gasteiger partial charge on any atom is 0.203 e. The third-order valence-electron chi connectivity index (χ3n) is 2.69. The molecular formula is C12H14O4. The second-order valence-electron chi connectivity index (χ2n) is 3.83. The lowest BCUT2D eigenvalue weighted by Gasteiger charge is -2.21. The van der Waals surface area contributed by atoms with Gasteiger partial charge in [-0.2, -0.15) is 0 Å². The molecule has 0 bridgehead atoms. The highest BCUT2D eigenvalue weighted by molar-refractivity contribution is 5.58.